The number of methoxy groups -OCH3 is 2. The zero-order valence-corrected chi connectivity index (χ0v) is 19.5. The minimum Gasteiger partial charge on any atom is -0.493 e. The standard InChI is InChI=1S/C26H23N3O4S/c1-32-23-13-8-18(17-24(23)33-2)16-22(29-25(30)19-6-4-3-5-7-19)26(31)28-20-9-11-21(12-10-20)34-15-14-27/h3-13,16-17H,15H2,1-2H3,(H,28,31)(H,29,30)/b22-16-. The highest BCUT2D eigenvalue weighted by Crippen LogP contribution is 2.28. The average molecular weight is 474 g/mol. The van der Waals surface area contributed by atoms with Crippen LogP contribution in [-0.4, -0.2) is 31.8 Å². The molecular weight excluding hydrogens is 450 g/mol. The van der Waals surface area contributed by atoms with Crippen LogP contribution in [0.5, 0.6) is 11.5 Å². The molecule has 3 aromatic rings. The predicted molar refractivity (Wildman–Crippen MR) is 133 cm³/mol. The molecule has 0 saturated carbocycles. The summed E-state index contributed by atoms with van der Waals surface area (Å²) in [5, 5.41) is 14.2. The van der Waals surface area contributed by atoms with Crippen LogP contribution < -0.4 is 20.1 Å². The monoisotopic (exact) mass is 473 g/mol. The first-order chi connectivity index (χ1) is 16.5. The van der Waals surface area contributed by atoms with Crippen molar-refractivity contribution in [2.24, 2.45) is 0 Å². The SMILES string of the molecule is COc1ccc(/C=C(\NC(=O)c2ccccc2)C(=O)Nc2ccc(SCC#N)cc2)cc1OC. The van der Waals surface area contributed by atoms with Crippen molar-refractivity contribution in [2.75, 3.05) is 25.3 Å². The minimum atomic E-state index is -0.489. The molecule has 0 spiro atoms. The molecule has 0 unspecified atom stereocenters. The van der Waals surface area contributed by atoms with Gasteiger partial charge in [-0.25, -0.2) is 0 Å². The molecule has 0 aliphatic carbocycles. The summed E-state index contributed by atoms with van der Waals surface area (Å²) in [5.41, 5.74) is 1.68. The van der Waals surface area contributed by atoms with Crippen LogP contribution in [0.3, 0.4) is 0 Å². The first-order valence-electron chi connectivity index (χ1n) is 10.3. The Labute approximate surface area is 202 Å². The summed E-state index contributed by atoms with van der Waals surface area (Å²) < 4.78 is 10.6. The molecule has 0 bridgehead atoms. The molecule has 0 fully saturated rings. The van der Waals surface area contributed by atoms with E-state index < -0.39 is 11.8 Å². The van der Waals surface area contributed by atoms with Gasteiger partial charge < -0.3 is 20.1 Å². The summed E-state index contributed by atoms with van der Waals surface area (Å²) >= 11 is 1.40. The van der Waals surface area contributed by atoms with Crippen molar-refractivity contribution in [2.45, 2.75) is 4.90 Å². The molecular formula is C26H23N3O4S. The first-order valence-corrected chi connectivity index (χ1v) is 11.2. The molecule has 0 radical (unpaired) electrons. The highest BCUT2D eigenvalue weighted by Gasteiger charge is 2.16. The molecule has 0 aromatic heterocycles. The number of amides is 2. The van der Waals surface area contributed by atoms with Crippen molar-refractivity contribution in [3.05, 3.63) is 89.6 Å². The fourth-order valence-corrected chi connectivity index (χ4v) is 3.56. The highest BCUT2D eigenvalue weighted by molar-refractivity contribution is 7.99. The molecule has 8 heteroatoms. The van der Waals surface area contributed by atoms with E-state index in [9.17, 15) is 9.59 Å². The third-order valence-electron chi connectivity index (χ3n) is 4.66. The third kappa shape index (κ3) is 6.64. The summed E-state index contributed by atoms with van der Waals surface area (Å²) in [4.78, 5) is 26.8. The lowest BCUT2D eigenvalue weighted by atomic mass is 10.1. The Morgan fingerprint density at radius 1 is 0.971 bits per heavy atom. The second-order valence-electron chi connectivity index (χ2n) is 6.92. The van der Waals surface area contributed by atoms with Gasteiger partial charge in [-0.15, -0.1) is 11.8 Å². The molecule has 172 valence electrons. The van der Waals surface area contributed by atoms with E-state index in [0.29, 0.717) is 34.1 Å². The van der Waals surface area contributed by atoms with Crippen molar-refractivity contribution < 1.29 is 19.1 Å². The summed E-state index contributed by atoms with van der Waals surface area (Å²) in [7, 11) is 3.06. The number of nitrogens with one attached hydrogen (secondary N) is 2. The number of anilines is 1. The van der Waals surface area contributed by atoms with Crippen LogP contribution in [0.4, 0.5) is 5.69 Å². The molecule has 7 nitrogen and oxygen atoms in total. The molecule has 0 aliphatic rings. The lowest BCUT2D eigenvalue weighted by Crippen LogP contribution is -2.30. The average Bonchev–Trinajstić information content (AvgIpc) is 2.88. The summed E-state index contributed by atoms with van der Waals surface area (Å²) in [6.45, 7) is 0. The van der Waals surface area contributed by atoms with Gasteiger partial charge in [0.1, 0.15) is 5.70 Å². The Morgan fingerprint density at radius 2 is 1.68 bits per heavy atom. The van der Waals surface area contributed by atoms with E-state index in [0.717, 1.165) is 4.90 Å². The summed E-state index contributed by atoms with van der Waals surface area (Å²) in [6, 6.07) is 23.0. The maximum Gasteiger partial charge on any atom is 0.272 e. The van der Waals surface area contributed by atoms with Gasteiger partial charge in [0.2, 0.25) is 0 Å². The number of benzene rings is 3. The van der Waals surface area contributed by atoms with Gasteiger partial charge in [-0.1, -0.05) is 24.3 Å². The Bertz CT molecular complexity index is 1220. The maximum absolute atomic E-state index is 13.1. The van der Waals surface area contributed by atoms with Gasteiger partial charge in [0.25, 0.3) is 11.8 Å². The molecule has 0 atom stereocenters. The van der Waals surface area contributed by atoms with Gasteiger partial charge in [-0.2, -0.15) is 5.26 Å². The number of rotatable bonds is 9. The Hall–Kier alpha value is -4.22. The Balaban J connectivity index is 1.87. The number of nitrogens with zero attached hydrogens (tertiary/aromatic N) is 1. The van der Waals surface area contributed by atoms with E-state index in [4.69, 9.17) is 14.7 Å². The number of hydrogen-bond donors (Lipinski definition) is 2. The van der Waals surface area contributed by atoms with Gasteiger partial charge in [0, 0.05) is 16.1 Å². The fraction of sp³-hybridized carbons (Fsp3) is 0.115. The van der Waals surface area contributed by atoms with Gasteiger partial charge >= 0.3 is 0 Å². The topological polar surface area (TPSA) is 100 Å². The lowest BCUT2D eigenvalue weighted by Gasteiger charge is -2.13. The van der Waals surface area contributed by atoms with Crippen molar-refractivity contribution in [1.29, 1.82) is 5.26 Å². The van der Waals surface area contributed by atoms with Crippen LogP contribution in [-0.2, 0) is 4.79 Å². The van der Waals surface area contributed by atoms with Crippen LogP contribution in [0.1, 0.15) is 15.9 Å². The van der Waals surface area contributed by atoms with Crippen LogP contribution in [0.15, 0.2) is 83.4 Å². The second-order valence-corrected chi connectivity index (χ2v) is 7.97. The van der Waals surface area contributed by atoms with Crippen molar-refractivity contribution in [1.82, 2.24) is 5.32 Å². The number of carbonyl (C=O) groups is 2. The van der Waals surface area contributed by atoms with Crippen molar-refractivity contribution in [3.63, 3.8) is 0 Å². The quantitative estimate of drug-likeness (QED) is 0.344. The number of thioether (sulfide) groups is 1. The smallest absolute Gasteiger partial charge is 0.272 e. The minimum absolute atomic E-state index is 0.0593. The summed E-state index contributed by atoms with van der Waals surface area (Å²) in [5.74, 6) is 0.488. The van der Waals surface area contributed by atoms with E-state index in [1.807, 2.05) is 18.2 Å². The predicted octanol–water partition coefficient (Wildman–Crippen LogP) is 4.73. The maximum atomic E-state index is 13.1. The third-order valence-corrected chi connectivity index (χ3v) is 5.54. The molecule has 3 aromatic carbocycles. The van der Waals surface area contributed by atoms with Gasteiger partial charge in [-0.3, -0.25) is 9.59 Å². The number of carbonyl (C=O) groups excluding carboxylic acids is 2. The van der Waals surface area contributed by atoms with Gasteiger partial charge in [0.05, 0.1) is 26.0 Å². The summed E-state index contributed by atoms with van der Waals surface area (Å²) in [6.07, 6.45) is 1.56. The fourth-order valence-electron chi connectivity index (χ4n) is 3.00. The Morgan fingerprint density at radius 3 is 2.32 bits per heavy atom. The molecule has 2 amide bonds. The normalized spacial score (nSPS) is 10.7. The zero-order valence-electron chi connectivity index (χ0n) is 18.7. The largest absolute Gasteiger partial charge is 0.493 e. The van der Waals surface area contributed by atoms with Gasteiger partial charge in [-0.05, 0) is 60.2 Å². The molecule has 2 N–H and O–H groups in total. The molecule has 0 saturated heterocycles. The molecule has 3 rings (SSSR count). The lowest BCUT2D eigenvalue weighted by molar-refractivity contribution is -0.113. The van der Waals surface area contributed by atoms with Crippen LogP contribution in [0.2, 0.25) is 0 Å². The first kappa shape index (κ1) is 24.4. The highest BCUT2D eigenvalue weighted by atomic mass is 32.2. The number of nitriles is 1. The van der Waals surface area contributed by atoms with E-state index >= 15 is 0 Å². The van der Waals surface area contributed by atoms with E-state index in [1.54, 1.807) is 60.7 Å². The van der Waals surface area contributed by atoms with Crippen LogP contribution >= 0.6 is 11.8 Å². The molecule has 0 aliphatic heterocycles. The van der Waals surface area contributed by atoms with Crippen molar-refractivity contribution >= 4 is 35.3 Å². The zero-order chi connectivity index (χ0) is 24.3. The second kappa shape index (κ2) is 12.1. The molecule has 0 heterocycles. The van der Waals surface area contributed by atoms with E-state index in [1.165, 1.54) is 26.0 Å². The van der Waals surface area contributed by atoms with Crippen LogP contribution in [0.25, 0.3) is 6.08 Å². The van der Waals surface area contributed by atoms with E-state index in [-0.39, 0.29) is 5.70 Å². The Kier molecular flexibility index (Phi) is 8.72. The van der Waals surface area contributed by atoms with Crippen molar-refractivity contribution in [3.8, 4) is 17.6 Å². The van der Waals surface area contributed by atoms with Crippen LogP contribution in [0, 0.1) is 11.3 Å². The van der Waals surface area contributed by atoms with E-state index in [2.05, 4.69) is 16.7 Å². The number of hydrogen-bond acceptors (Lipinski definition) is 6. The number of ether oxygens (including phenoxy) is 2. The van der Waals surface area contributed by atoms with Gasteiger partial charge in [0.15, 0.2) is 11.5 Å². The molecule has 34 heavy (non-hydrogen) atoms.